The van der Waals surface area contributed by atoms with Crippen LogP contribution in [0.5, 0.6) is 0 Å². The molecule has 18 heavy (non-hydrogen) atoms. The van der Waals surface area contributed by atoms with E-state index in [0.29, 0.717) is 6.10 Å². The lowest BCUT2D eigenvalue weighted by molar-refractivity contribution is 0.0627. The number of rotatable bonds is 6. The fourth-order valence-corrected chi connectivity index (χ4v) is 2.79. The SMILES string of the molecule is CC(C)OCCN(C)Cc1nc2ccccc2s1. The molecule has 0 fully saturated rings. The summed E-state index contributed by atoms with van der Waals surface area (Å²) in [6.45, 7) is 6.73. The van der Waals surface area contributed by atoms with Crippen LogP contribution in [0.3, 0.4) is 0 Å². The van der Waals surface area contributed by atoms with E-state index in [4.69, 9.17) is 4.74 Å². The Morgan fingerprint density at radius 1 is 1.33 bits per heavy atom. The molecule has 98 valence electrons. The van der Waals surface area contributed by atoms with Gasteiger partial charge in [0.2, 0.25) is 0 Å². The molecule has 0 aliphatic rings. The summed E-state index contributed by atoms with van der Waals surface area (Å²) < 4.78 is 6.81. The number of benzene rings is 1. The summed E-state index contributed by atoms with van der Waals surface area (Å²) >= 11 is 1.77. The summed E-state index contributed by atoms with van der Waals surface area (Å²) in [7, 11) is 2.11. The number of ether oxygens (including phenoxy) is 1. The van der Waals surface area contributed by atoms with Gasteiger partial charge in [-0.25, -0.2) is 4.98 Å². The van der Waals surface area contributed by atoms with Gasteiger partial charge in [0.25, 0.3) is 0 Å². The standard InChI is InChI=1S/C14H20N2OS/c1-11(2)17-9-8-16(3)10-14-15-12-6-4-5-7-13(12)18-14/h4-7,11H,8-10H2,1-3H3. The second-order valence-corrected chi connectivity index (χ2v) is 5.85. The molecule has 0 radical (unpaired) electrons. The third kappa shape index (κ3) is 3.77. The van der Waals surface area contributed by atoms with Crippen LogP contribution in [-0.2, 0) is 11.3 Å². The maximum atomic E-state index is 5.55. The van der Waals surface area contributed by atoms with Crippen LogP contribution in [0.1, 0.15) is 18.9 Å². The van der Waals surface area contributed by atoms with Gasteiger partial charge in [-0.05, 0) is 33.0 Å². The molecule has 0 amide bonds. The van der Waals surface area contributed by atoms with E-state index in [9.17, 15) is 0 Å². The normalized spacial score (nSPS) is 11.8. The van der Waals surface area contributed by atoms with E-state index in [1.54, 1.807) is 11.3 Å². The number of thiazole rings is 1. The Kier molecular flexibility index (Phi) is 4.69. The third-order valence-corrected chi connectivity index (χ3v) is 3.69. The van der Waals surface area contributed by atoms with Crippen molar-refractivity contribution in [3.8, 4) is 0 Å². The fraction of sp³-hybridized carbons (Fsp3) is 0.500. The topological polar surface area (TPSA) is 25.4 Å². The molecule has 1 aromatic heterocycles. The van der Waals surface area contributed by atoms with Crippen molar-refractivity contribution in [3.63, 3.8) is 0 Å². The molecular weight excluding hydrogens is 244 g/mol. The van der Waals surface area contributed by atoms with Crippen LogP contribution >= 0.6 is 11.3 Å². The van der Waals surface area contributed by atoms with Crippen molar-refractivity contribution in [1.82, 2.24) is 9.88 Å². The molecule has 0 unspecified atom stereocenters. The second-order valence-electron chi connectivity index (χ2n) is 4.73. The van der Waals surface area contributed by atoms with Gasteiger partial charge >= 0.3 is 0 Å². The molecule has 0 atom stereocenters. The van der Waals surface area contributed by atoms with Crippen molar-refractivity contribution >= 4 is 21.6 Å². The quantitative estimate of drug-likeness (QED) is 0.801. The van der Waals surface area contributed by atoms with Crippen LogP contribution < -0.4 is 0 Å². The molecule has 0 aliphatic carbocycles. The highest BCUT2D eigenvalue weighted by molar-refractivity contribution is 7.18. The lowest BCUT2D eigenvalue weighted by Crippen LogP contribution is -2.23. The van der Waals surface area contributed by atoms with Crippen LogP contribution in [0.15, 0.2) is 24.3 Å². The number of nitrogens with zero attached hydrogens (tertiary/aromatic N) is 2. The average molecular weight is 264 g/mol. The first-order chi connectivity index (χ1) is 8.65. The van der Waals surface area contributed by atoms with Crippen molar-refractivity contribution in [2.75, 3.05) is 20.2 Å². The first-order valence-corrected chi connectivity index (χ1v) is 7.11. The zero-order valence-corrected chi connectivity index (χ0v) is 12.0. The maximum absolute atomic E-state index is 5.55. The maximum Gasteiger partial charge on any atom is 0.108 e. The van der Waals surface area contributed by atoms with Crippen LogP contribution in [0.2, 0.25) is 0 Å². The van der Waals surface area contributed by atoms with E-state index in [2.05, 4.69) is 49.0 Å². The van der Waals surface area contributed by atoms with Crippen molar-refractivity contribution in [2.45, 2.75) is 26.5 Å². The Morgan fingerprint density at radius 3 is 2.83 bits per heavy atom. The Labute approximate surface area is 112 Å². The molecule has 0 spiro atoms. The first kappa shape index (κ1) is 13.5. The molecule has 2 rings (SSSR count). The average Bonchev–Trinajstić information content (AvgIpc) is 2.70. The van der Waals surface area contributed by atoms with Gasteiger partial charge in [0.05, 0.1) is 29.5 Å². The number of fused-ring (bicyclic) bond motifs is 1. The van der Waals surface area contributed by atoms with Gasteiger partial charge in [-0.15, -0.1) is 11.3 Å². The molecule has 3 nitrogen and oxygen atoms in total. The van der Waals surface area contributed by atoms with Gasteiger partial charge in [0, 0.05) is 6.54 Å². The third-order valence-electron chi connectivity index (χ3n) is 2.67. The lowest BCUT2D eigenvalue weighted by Gasteiger charge is -2.16. The Hall–Kier alpha value is -0.970. The van der Waals surface area contributed by atoms with E-state index in [-0.39, 0.29) is 0 Å². The first-order valence-electron chi connectivity index (χ1n) is 6.30. The molecule has 0 bridgehead atoms. The Morgan fingerprint density at radius 2 is 2.11 bits per heavy atom. The molecule has 4 heteroatoms. The van der Waals surface area contributed by atoms with Crippen LogP contribution in [0, 0.1) is 0 Å². The van der Waals surface area contributed by atoms with Crippen LogP contribution in [0.25, 0.3) is 10.2 Å². The molecule has 1 aromatic carbocycles. The van der Waals surface area contributed by atoms with Crippen LogP contribution in [0.4, 0.5) is 0 Å². The molecule has 0 N–H and O–H groups in total. The van der Waals surface area contributed by atoms with Gasteiger partial charge in [0.15, 0.2) is 0 Å². The summed E-state index contributed by atoms with van der Waals surface area (Å²) in [5.41, 5.74) is 1.10. The molecular formula is C14H20N2OS. The number of hydrogen-bond donors (Lipinski definition) is 0. The largest absolute Gasteiger partial charge is 0.377 e. The Balaban J connectivity index is 1.88. The summed E-state index contributed by atoms with van der Waals surface area (Å²) in [5.74, 6) is 0. The predicted octanol–water partition coefficient (Wildman–Crippen LogP) is 3.15. The zero-order valence-electron chi connectivity index (χ0n) is 11.2. The minimum absolute atomic E-state index is 0.306. The molecule has 0 aliphatic heterocycles. The van der Waals surface area contributed by atoms with Gasteiger partial charge in [-0.3, -0.25) is 4.90 Å². The minimum atomic E-state index is 0.306. The smallest absolute Gasteiger partial charge is 0.108 e. The second kappa shape index (κ2) is 6.27. The number of aromatic nitrogens is 1. The van der Waals surface area contributed by atoms with Crippen molar-refractivity contribution in [1.29, 1.82) is 0 Å². The lowest BCUT2D eigenvalue weighted by atomic mass is 10.3. The van der Waals surface area contributed by atoms with Gasteiger partial charge in [-0.2, -0.15) is 0 Å². The van der Waals surface area contributed by atoms with Gasteiger partial charge < -0.3 is 4.74 Å². The van der Waals surface area contributed by atoms with Crippen molar-refractivity contribution in [3.05, 3.63) is 29.3 Å². The van der Waals surface area contributed by atoms with Crippen LogP contribution in [-0.4, -0.2) is 36.2 Å². The molecule has 0 saturated carbocycles. The van der Waals surface area contributed by atoms with Gasteiger partial charge in [-0.1, -0.05) is 12.1 Å². The highest BCUT2D eigenvalue weighted by Gasteiger charge is 2.06. The summed E-state index contributed by atoms with van der Waals surface area (Å²) in [6, 6.07) is 8.28. The molecule has 1 heterocycles. The van der Waals surface area contributed by atoms with E-state index in [1.807, 2.05) is 6.07 Å². The Bertz CT molecular complexity index is 462. The van der Waals surface area contributed by atoms with Crippen molar-refractivity contribution < 1.29 is 4.74 Å². The zero-order chi connectivity index (χ0) is 13.0. The summed E-state index contributed by atoms with van der Waals surface area (Å²) in [4.78, 5) is 6.88. The molecule has 0 saturated heterocycles. The number of likely N-dealkylation sites (N-methyl/N-ethyl adjacent to an activating group) is 1. The molecule has 2 aromatic rings. The van der Waals surface area contributed by atoms with E-state index >= 15 is 0 Å². The van der Waals surface area contributed by atoms with E-state index < -0.39 is 0 Å². The summed E-state index contributed by atoms with van der Waals surface area (Å²) in [6.07, 6.45) is 0.306. The monoisotopic (exact) mass is 264 g/mol. The summed E-state index contributed by atoms with van der Waals surface area (Å²) in [5, 5.41) is 1.17. The number of hydrogen-bond acceptors (Lipinski definition) is 4. The fourth-order valence-electron chi connectivity index (χ4n) is 1.74. The minimum Gasteiger partial charge on any atom is -0.377 e. The predicted molar refractivity (Wildman–Crippen MR) is 77.0 cm³/mol. The van der Waals surface area contributed by atoms with Gasteiger partial charge in [0.1, 0.15) is 5.01 Å². The highest BCUT2D eigenvalue weighted by Crippen LogP contribution is 2.22. The van der Waals surface area contributed by atoms with E-state index in [0.717, 1.165) is 25.2 Å². The van der Waals surface area contributed by atoms with Crippen molar-refractivity contribution in [2.24, 2.45) is 0 Å². The van der Waals surface area contributed by atoms with E-state index in [1.165, 1.54) is 9.71 Å². The highest BCUT2D eigenvalue weighted by atomic mass is 32.1. The number of para-hydroxylation sites is 1.